The lowest BCUT2D eigenvalue weighted by atomic mass is 10.1. The molecule has 1 heterocycles. The number of rotatable bonds is 6. The first-order chi connectivity index (χ1) is 13.1. The Balaban J connectivity index is 1.67. The molecule has 5 nitrogen and oxygen atoms in total. The predicted octanol–water partition coefficient (Wildman–Crippen LogP) is 4.41. The van der Waals surface area contributed by atoms with Crippen LogP contribution in [0.15, 0.2) is 24.3 Å². The highest BCUT2D eigenvalue weighted by molar-refractivity contribution is 7.80. The van der Waals surface area contributed by atoms with Gasteiger partial charge in [-0.1, -0.05) is 25.5 Å². The van der Waals surface area contributed by atoms with Gasteiger partial charge in [-0.15, -0.1) is 11.3 Å². The molecule has 1 aliphatic rings. The predicted molar refractivity (Wildman–Crippen MR) is 112 cm³/mol. The van der Waals surface area contributed by atoms with Gasteiger partial charge >= 0.3 is 0 Å². The number of nitriles is 1. The number of ether oxygens (including phenoxy) is 1. The van der Waals surface area contributed by atoms with Crippen LogP contribution >= 0.6 is 23.6 Å². The molecule has 1 aromatic heterocycles. The van der Waals surface area contributed by atoms with Crippen LogP contribution in [0, 0.1) is 11.3 Å². The average molecular weight is 400 g/mol. The van der Waals surface area contributed by atoms with Crippen LogP contribution in [0.5, 0.6) is 5.75 Å². The van der Waals surface area contributed by atoms with Crippen LogP contribution in [-0.4, -0.2) is 17.6 Å². The third kappa shape index (κ3) is 4.46. The number of thiocarbonyl (C=S) groups is 1. The number of unbranched alkanes of at least 4 members (excludes halogenated alkanes) is 1. The molecule has 3 rings (SSSR count). The van der Waals surface area contributed by atoms with Crippen molar-refractivity contribution in [3.63, 3.8) is 0 Å². The van der Waals surface area contributed by atoms with E-state index in [1.165, 1.54) is 4.88 Å². The fourth-order valence-corrected chi connectivity index (χ4v) is 4.53. The number of hydrogen-bond acceptors (Lipinski definition) is 5. The van der Waals surface area contributed by atoms with E-state index in [1.54, 1.807) is 29.5 Å². The Kier molecular flexibility index (Phi) is 6.43. The quantitative estimate of drug-likeness (QED) is 0.556. The SMILES string of the molecule is CCCCOc1ccccc1C(=O)NC(=S)Nc1sc2c(c1C#N)CCC2. The second-order valence-electron chi connectivity index (χ2n) is 6.28. The van der Waals surface area contributed by atoms with E-state index in [0.29, 0.717) is 28.5 Å². The maximum atomic E-state index is 12.6. The van der Waals surface area contributed by atoms with Crippen molar-refractivity contribution in [2.24, 2.45) is 0 Å². The third-order valence-electron chi connectivity index (χ3n) is 4.37. The number of benzene rings is 1. The summed E-state index contributed by atoms with van der Waals surface area (Å²) in [6, 6.07) is 9.37. The monoisotopic (exact) mass is 399 g/mol. The van der Waals surface area contributed by atoms with E-state index in [1.807, 2.05) is 6.07 Å². The molecule has 1 aromatic carbocycles. The largest absolute Gasteiger partial charge is 0.493 e. The summed E-state index contributed by atoms with van der Waals surface area (Å²) in [5, 5.41) is 16.0. The van der Waals surface area contributed by atoms with Gasteiger partial charge < -0.3 is 10.1 Å². The van der Waals surface area contributed by atoms with Crippen molar-refractivity contribution in [1.82, 2.24) is 5.32 Å². The number of carbonyl (C=O) groups excluding carboxylic acids is 1. The Hall–Kier alpha value is -2.43. The second-order valence-corrected chi connectivity index (χ2v) is 7.79. The maximum Gasteiger partial charge on any atom is 0.261 e. The fraction of sp³-hybridized carbons (Fsp3) is 0.350. The third-order valence-corrected chi connectivity index (χ3v) is 5.79. The molecule has 0 unspecified atom stereocenters. The van der Waals surface area contributed by atoms with Gasteiger partial charge in [0.25, 0.3) is 5.91 Å². The molecule has 1 aliphatic carbocycles. The number of fused-ring (bicyclic) bond motifs is 1. The zero-order valence-corrected chi connectivity index (χ0v) is 16.8. The fourth-order valence-electron chi connectivity index (χ4n) is 3.02. The van der Waals surface area contributed by atoms with Crippen LogP contribution < -0.4 is 15.4 Å². The summed E-state index contributed by atoms with van der Waals surface area (Å²) < 4.78 is 5.71. The molecule has 0 atom stereocenters. The number of thiophene rings is 1. The standard InChI is InChI=1S/C20H21N3O2S2/c1-2-3-11-25-16-9-5-4-7-14(16)18(24)22-20(26)23-19-15(12-21)13-8-6-10-17(13)27-19/h4-5,7,9H,2-3,6,8,10-11H2,1H3,(H2,22,23,24,26). The first-order valence-corrected chi connectivity index (χ1v) is 10.2. The number of aryl methyl sites for hydroxylation is 1. The van der Waals surface area contributed by atoms with Gasteiger partial charge in [-0.25, -0.2) is 0 Å². The van der Waals surface area contributed by atoms with E-state index in [-0.39, 0.29) is 11.0 Å². The number of nitrogens with zero attached hydrogens (tertiary/aromatic N) is 1. The highest BCUT2D eigenvalue weighted by Crippen LogP contribution is 2.38. The molecule has 2 aromatic rings. The zero-order chi connectivity index (χ0) is 19.2. The number of para-hydroxylation sites is 1. The number of amides is 1. The first kappa shape index (κ1) is 19.3. The highest BCUT2D eigenvalue weighted by atomic mass is 32.1. The molecule has 2 N–H and O–H groups in total. The van der Waals surface area contributed by atoms with Gasteiger partial charge in [-0.05, 0) is 55.6 Å². The van der Waals surface area contributed by atoms with E-state index in [0.717, 1.165) is 37.7 Å². The molecule has 0 spiro atoms. The van der Waals surface area contributed by atoms with Gasteiger partial charge in [0.05, 0.1) is 17.7 Å². The molecule has 0 saturated heterocycles. The minimum absolute atomic E-state index is 0.180. The van der Waals surface area contributed by atoms with Crippen LogP contribution in [0.1, 0.15) is 52.5 Å². The average Bonchev–Trinajstić information content (AvgIpc) is 3.22. The second kappa shape index (κ2) is 8.98. The lowest BCUT2D eigenvalue weighted by Gasteiger charge is -2.12. The Bertz CT molecular complexity index is 899. The Morgan fingerprint density at radius 1 is 1.37 bits per heavy atom. The molecule has 140 valence electrons. The molecule has 27 heavy (non-hydrogen) atoms. The molecule has 0 aliphatic heterocycles. The van der Waals surface area contributed by atoms with E-state index in [9.17, 15) is 10.1 Å². The summed E-state index contributed by atoms with van der Waals surface area (Å²) >= 11 is 6.83. The van der Waals surface area contributed by atoms with Crippen LogP contribution in [0.4, 0.5) is 5.00 Å². The number of anilines is 1. The smallest absolute Gasteiger partial charge is 0.261 e. The van der Waals surface area contributed by atoms with Gasteiger partial charge in [-0.3, -0.25) is 10.1 Å². The molecule has 0 saturated carbocycles. The summed E-state index contributed by atoms with van der Waals surface area (Å²) in [5.74, 6) is 0.210. The zero-order valence-electron chi connectivity index (χ0n) is 15.1. The minimum Gasteiger partial charge on any atom is -0.493 e. The molecule has 0 bridgehead atoms. The minimum atomic E-state index is -0.331. The first-order valence-electron chi connectivity index (χ1n) is 9.02. The Labute approximate surface area is 168 Å². The molecule has 0 radical (unpaired) electrons. The van der Waals surface area contributed by atoms with Gasteiger partial charge in [0.2, 0.25) is 0 Å². The molecule has 7 heteroatoms. The van der Waals surface area contributed by atoms with Crippen LogP contribution in [0.3, 0.4) is 0 Å². The summed E-state index contributed by atoms with van der Waals surface area (Å²) in [6.07, 6.45) is 4.96. The topological polar surface area (TPSA) is 74.2 Å². The van der Waals surface area contributed by atoms with Gasteiger partial charge in [0, 0.05) is 4.88 Å². The normalized spacial score (nSPS) is 12.1. The maximum absolute atomic E-state index is 12.6. The van der Waals surface area contributed by atoms with Crippen molar-refractivity contribution in [2.45, 2.75) is 39.0 Å². The molecule has 0 fully saturated rings. The number of hydrogen-bond donors (Lipinski definition) is 2. The van der Waals surface area contributed by atoms with Crippen LogP contribution in [0.2, 0.25) is 0 Å². The van der Waals surface area contributed by atoms with Crippen molar-refractivity contribution in [3.8, 4) is 11.8 Å². The lowest BCUT2D eigenvalue weighted by molar-refractivity contribution is 0.0973. The molecular weight excluding hydrogens is 378 g/mol. The summed E-state index contributed by atoms with van der Waals surface area (Å²) in [4.78, 5) is 13.8. The number of carbonyl (C=O) groups is 1. The van der Waals surface area contributed by atoms with E-state index >= 15 is 0 Å². The van der Waals surface area contributed by atoms with E-state index in [2.05, 4.69) is 23.6 Å². The lowest BCUT2D eigenvalue weighted by Crippen LogP contribution is -2.34. The number of nitrogens with one attached hydrogen (secondary N) is 2. The van der Waals surface area contributed by atoms with E-state index < -0.39 is 0 Å². The molecular formula is C20H21N3O2S2. The van der Waals surface area contributed by atoms with Gasteiger partial charge in [-0.2, -0.15) is 5.26 Å². The van der Waals surface area contributed by atoms with Crippen LogP contribution in [0.25, 0.3) is 0 Å². The molecule has 1 amide bonds. The van der Waals surface area contributed by atoms with Crippen molar-refractivity contribution < 1.29 is 9.53 Å². The summed E-state index contributed by atoms with van der Waals surface area (Å²) in [7, 11) is 0. The van der Waals surface area contributed by atoms with Crippen molar-refractivity contribution in [1.29, 1.82) is 5.26 Å². The summed E-state index contributed by atoms with van der Waals surface area (Å²) in [5.41, 5.74) is 2.20. The van der Waals surface area contributed by atoms with Crippen LogP contribution in [-0.2, 0) is 12.8 Å². The Morgan fingerprint density at radius 2 is 2.19 bits per heavy atom. The van der Waals surface area contributed by atoms with Crippen molar-refractivity contribution >= 4 is 39.6 Å². The van der Waals surface area contributed by atoms with Gasteiger partial charge in [0.1, 0.15) is 16.8 Å². The Morgan fingerprint density at radius 3 is 2.96 bits per heavy atom. The summed E-state index contributed by atoms with van der Waals surface area (Å²) in [6.45, 7) is 2.65. The highest BCUT2D eigenvalue weighted by Gasteiger charge is 2.23. The van der Waals surface area contributed by atoms with Crippen molar-refractivity contribution in [2.75, 3.05) is 11.9 Å². The van der Waals surface area contributed by atoms with Gasteiger partial charge in [0.15, 0.2) is 5.11 Å². The van der Waals surface area contributed by atoms with Crippen molar-refractivity contribution in [3.05, 3.63) is 45.8 Å². The van der Waals surface area contributed by atoms with E-state index in [4.69, 9.17) is 17.0 Å².